The van der Waals surface area contributed by atoms with E-state index in [1.54, 1.807) is 19.2 Å². The predicted octanol–water partition coefficient (Wildman–Crippen LogP) is 6.38. The third kappa shape index (κ3) is 6.72. The number of amides is 1. The second-order valence-corrected chi connectivity index (χ2v) is 9.98. The summed E-state index contributed by atoms with van der Waals surface area (Å²) in [6.07, 6.45) is 3.75. The Morgan fingerprint density at radius 3 is 2.23 bits per heavy atom. The SMILES string of the molecule is COc1cc(C(=O)NCCCCCc2nc3ccccc3n2Cc2ccc(C(C)C)cc2)cc(OC)c1OC. The zero-order valence-corrected chi connectivity index (χ0v) is 23.6. The highest BCUT2D eigenvalue weighted by atomic mass is 16.5. The fourth-order valence-corrected chi connectivity index (χ4v) is 4.78. The highest BCUT2D eigenvalue weighted by Crippen LogP contribution is 2.38. The van der Waals surface area contributed by atoms with Crippen LogP contribution in [0.4, 0.5) is 0 Å². The van der Waals surface area contributed by atoms with Crippen molar-refractivity contribution in [3.63, 3.8) is 0 Å². The first-order valence-electron chi connectivity index (χ1n) is 13.6. The number of nitrogens with one attached hydrogen (secondary N) is 1. The minimum atomic E-state index is -0.167. The second kappa shape index (κ2) is 13.2. The largest absolute Gasteiger partial charge is 0.493 e. The van der Waals surface area contributed by atoms with Crippen molar-refractivity contribution in [3.05, 3.63) is 83.2 Å². The number of hydrogen-bond acceptors (Lipinski definition) is 5. The summed E-state index contributed by atoms with van der Waals surface area (Å²) < 4.78 is 18.4. The highest BCUT2D eigenvalue weighted by molar-refractivity contribution is 5.95. The molecule has 1 amide bonds. The second-order valence-electron chi connectivity index (χ2n) is 9.98. The van der Waals surface area contributed by atoms with Gasteiger partial charge in [0.2, 0.25) is 5.75 Å². The first kappa shape index (κ1) is 28.0. The van der Waals surface area contributed by atoms with Gasteiger partial charge in [0.15, 0.2) is 11.5 Å². The Labute approximate surface area is 231 Å². The van der Waals surface area contributed by atoms with Crippen molar-refractivity contribution >= 4 is 16.9 Å². The lowest BCUT2D eigenvalue weighted by molar-refractivity contribution is 0.0952. The molecule has 0 saturated heterocycles. The van der Waals surface area contributed by atoms with E-state index in [0.29, 0.717) is 35.3 Å². The maximum absolute atomic E-state index is 12.7. The summed E-state index contributed by atoms with van der Waals surface area (Å²) in [5, 5.41) is 3.00. The molecule has 0 radical (unpaired) electrons. The average Bonchev–Trinajstić information content (AvgIpc) is 3.30. The number of carbonyl (C=O) groups is 1. The number of imidazole rings is 1. The Hall–Kier alpha value is -4.00. The van der Waals surface area contributed by atoms with Crippen LogP contribution < -0.4 is 19.5 Å². The van der Waals surface area contributed by atoms with Crippen LogP contribution in [0, 0.1) is 0 Å². The Balaban J connectivity index is 1.33. The molecule has 0 spiro atoms. The molecular weight excluding hydrogens is 490 g/mol. The summed E-state index contributed by atoms with van der Waals surface area (Å²) in [5.74, 6) is 2.84. The van der Waals surface area contributed by atoms with Gasteiger partial charge < -0.3 is 24.1 Å². The van der Waals surface area contributed by atoms with E-state index in [9.17, 15) is 4.79 Å². The normalized spacial score (nSPS) is 11.1. The number of aryl methyl sites for hydroxylation is 1. The van der Waals surface area contributed by atoms with Crippen molar-refractivity contribution in [1.82, 2.24) is 14.9 Å². The van der Waals surface area contributed by atoms with Crippen LogP contribution in [0.2, 0.25) is 0 Å². The number of nitrogens with zero attached hydrogens (tertiary/aromatic N) is 2. The van der Waals surface area contributed by atoms with Gasteiger partial charge in [0, 0.05) is 25.1 Å². The van der Waals surface area contributed by atoms with Crippen molar-refractivity contribution in [2.75, 3.05) is 27.9 Å². The molecule has 0 saturated carbocycles. The fourth-order valence-electron chi connectivity index (χ4n) is 4.78. The molecule has 0 aliphatic rings. The van der Waals surface area contributed by atoms with Gasteiger partial charge in [-0.25, -0.2) is 4.98 Å². The summed E-state index contributed by atoms with van der Waals surface area (Å²) >= 11 is 0. The quantitative estimate of drug-likeness (QED) is 0.204. The maximum atomic E-state index is 12.7. The number of aromatic nitrogens is 2. The topological polar surface area (TPSA) is 74.6 Å². The Morgan fingerprint density at radius 2 is 1.59 bits per heavy atom. The summed E-state index contributed by atoms with van der Waals surface area (Å²) in [7, 11) is 4.62. The molecular formula is C32H39N3O4. The van der Waals surface area contributed by atoms with Crippen LogP contribution >= 0.6 is 0 Å². The number of unbranched alkanes of at least 4 members (excludes halogenated alkanes) is 2. The zero-order chi connectivity index (χ0) is 27.8. The molecule has 3 aromatic carbocycles. The van der Waals surface area contributed by atoms with Crippen molar-refractivity contribution in [2.24, 2.45) is 0 Å². The Bertz CT molecular complexity index is 1370. The molecule has 0 unspecified atom stereocenters. The van der Waals surface area contributed by atoms with E-state index in [2.05, 4.69) is 66.2 Å². The molecule has 0 aliphatic heterocycles. The molecule has 0 atom stereocenters. The lowest BCUT2D eigenvalue weighted by Crippen LogP contribution is -2.24. The van der Waals surface area contributed by atoms with E-state index < -0.39 is 0 Å². The van der Waals surface area contributed by atoms with Crippen LogP contribution in [0.25, 0.3) is 11.0 Å². The van der Waals surface area contributed by atoms with Gasteiger partial charge in [0.05, 0.1) is 32.4 Å². The van der Waals surface area contributed by atoms with E-state index >= 15 is 0 Å². The molecule has 0 aliphatic carbocycles. The van der Waals surface area contributed by atoms with Gasteiger partial charge in [-0.15, -0.1) is 0 Å². The molecule has 1 heterocycles. The van der Waals surface area contributed by atoms with Gasteiger partial charge in [0.25, 0.3) is 5.91 Å². The first-order chi connectivity index (χ1) is 18.9. The number of benzene rings is 3. The third-order valence-corrected chi connectivity index (χ3v) is 7.01. The van der Waals surface area contributed by atoms with Gasteiger partial charge in [-0.05, 0) is 54.2 Å². The number of para-hydroxylation sites is 2. The number of rotatable bonds is 13. The minimum absolute atomic E-state index is 0.167. The highest BCUT2D eigenvalue weighted by Gasteiger charge is 2.17. The monoisotopic (exact) mass is 529 g/mol. The summed E-state index contributed by atoms with van der Waals surface area (Å²) in [4.78, 5) is 17.7. The molecule has 7 nitrogen and oxygen atoms in total. The predicted molar refractivity (Wildman–Crippen MR) is 155 cm³/mol. The van der Waals surface area contributed by atoms with Gasteiger partial charge in [0.1, 0.15) is 5.82 Å². The third-order valence-electron chi connectivity index (χ3n) is 7.01. The summed E-state index contributed by atoms with van der Waals surface area (Å²) in [5.41, 5.74) is 5.30. The van der Waals surface area contributed by atoms with Crippen molar-refractivity contribution in [2.45, 2.75) is 52.0 Å². The van der Waals surface area contributed by atoms with Gasteiger partial charge in [-0.3, -0.25) is 4.79 Å². The number of hydrogen-bond donors (Lipinski definition) is 1. The van der Waals surface area contributed by atoms with Crippen molar-refractivity contribution < 1.29 is 19.0 Å². The van der Waals surface area contributed by atoms with Crippen LogP contribution in [0.1, 0.15) is 66.3 Å². The first-order valence-corrected chi connectivity index (χ1v) is 13.6. The Morgan fingerprint density at radius 1 is 0.897 bits per heavy atom. The van der Waals surface area contributed by atoms with Crippen molar-refractivity contribution in [1.29, 1.82) is 0 Å². The van der Waals surface area contributed by atoms with E-state index in [1.165, 1.54) is 25.3 Å². The molecule has 39 heavy (non-hydrogen) atoms. The van der Waals surface area contributed by atoms with E-state index in [4.69, 9.17) is 19.2 Å². The van der Waals surface area contributed by atoms with E-state index in [-0.39, 0.29) is 5.91 Å². The van der Waals surface area contributed by atoms with E-state index in [1.807, 2.05) is 6.07 Å². The molecule has 0 bridgehead atoms. The molecule has 206 valence electrons. The zero-order valence-electron chi connectivity index (χ0n) is 23.6. The number of carbonyl (C=O) groups excluding carboxylic acids is 1. The lowest BCUT2D eigenvalue weighted by Gasteiger charge is -2.14. The maximum Gasteiger partial charge on any atom is 0.251 e. The molecule has 0 fully saturated rings. The van der Waals surface area contributed by atoms with E-state index in [0.717, 1.165) is 49.1 Å². The molecule has 4 aromatic rings. The van der Waals surface area contributed by atoms with Crippen LogP contribution in [0.5, 0.6) is 17.2 Å². The van der Waals surface area contributed by atoms with Crippen molar-refractivity contribution in [3.8, 4) is 17.2 Å². The summed E-state index contributed by atoms with van der Waals surface area (Å²) in [6.45, 7) is 5.83. The molecule has 7 heteroatoms. The molecule has 1 aromatic heterocycles. The molecule has 1 N–H and O–H groups in total. The minimum Gasteiger partial charge on any atom is -0.493 e. The molecule has 4 rings (SSSR count). The number of ether oxygens (including phenoxy) is 3. The fraction of sp³-hybridized carbons (Fsp3) is 0.375. The average molecular weight is 530 g/mol. The standard InChI is InChI=1S/C32H39N3O4/c1-22(2)24-16-14-23(15-17-24)21-35-27-12-9-8-11-26(27)34-30(35)13-7-6-10-18-33-32(36)25-19-28(37-3)31(39-5)29(20-25)38-4/h8-9,11-12,14-17,19-20,22H,6-7,10,13,18,21H2,1-5H3,(H,33,36). The lowest BCUT2D eigenvalue weighted by atomic mass is 10.0. The van der Waals surface area contributed by atoms with Crippen LogP contribution in [-0.2, 0) is 13.0 Å². The van der Waals surface area contributed by atoms with Gasteiger partial charge in [-0.1, -0.05) is 56.7 Å². The number of methoxy groups -OCH3 is 3. The van der Waals surface area contributed by atoms with Crippen LogP contribution in [0.15, 0.2) is 60.7 Å². The van der Waals surface area contributed by atoms with Crippen LogP contribution in [-0.4, -0.2) is 43.3 Å². The summed E-state index contributed by atoms with van der Waals surface area (Å²) in [6, 6.07) is 20.6. The number of fused-ring (bicyclic) bond motifs is 1. The van der Waals surface area contributed by atoms with Gasteiger partial charge in [-0.2, -0.15) is 0 Å². The van der Waals surface area contributed by atoms with Crippen LogP contribution in [0.3, 0.4) is 0 Å². The smallest absolute Gasteiger partial charge is 0.251 e. The Kier molecular flexibility index (Phi) is 9.47. The van der Waals surface area contributed by atoms with Gasteiger partial charge >= 0.3 is 0 Å².